The summed E-state index contributed by atoms with van der Waals surface area (Å²) >= 11 is 0. The van der Waals surface area contributed by atoms with E-state index >= 15 is 0 Å². The molecule has 2 amide bonds. The van der Waals surface area contributed by atoms with Gasteiger partial charge < -0.3 is 20.1 Å². The predicted molar refractivity (Wildman–Crippen MR) is 110 cm³/mol. The highest BCUT2D eigenvalue weighted by atomic mass is 19.4. The number of pyridine rings is 1. The maximum atomic E-state index is 14.4. The summed E-state index contributed by atoms with van der Waals surface area (Å²) in [5, 5.41) is 4.60. The smallest absolute Gasteiger partial charge is 0.417 e. The fourth-order valence-electron chi connectivity index (χ4n) is 4.02. The largest absolute Gasteiger partial charge is 0.431 e. The molecule has 0 aliphatic carbocycles. The van der Waals surface area contributed by atoms with Crippen molar-refractivity contribution >= 4 is 17.5 Å². The molecule has 0 bridgehead atoms. The number of ether oxygens (including phenoxy) is 2. The number of hydrogen-bond donors (Lipinski definition) is 2. The van der Waals surface area contributed by atoms with Crippen molar-refractivity contribution in [3.8, 4) is 5.75 Å². The third kappa shape index (κ3) is 4.94. The molecule has 1 aromatic heterocycles. The molecule has 3 rings (SSSR count). The lowest BCUT2D eigenvalue weighted by atomic mass is 9.77. The average Bonchev–Trinajstić information content (AvgIpc) is 3.08. The Balaban J connectivity index is 2.09. The molecule has 1 saturated heterocycles. The molecule has 7 nitrogen and oxygen atoms in total. The standard InChI is InChI=1S/C22H20F7N3O4/c1-9-14(11-4-5-12(23)15(24)16(11)35-20(25)26)17(36-21(9,2)22(27,28)29)19(34)32-10-6-7-31-13(8-10)18(33)30-3/h4-9,14,17,20H,1-3H3,(H,30,33)(H,31,32,34)/t9-,14-,17?,21+/m0/s1. The van der Waals surface area contributed by atoms with E-state index in [0.29, 0.717) is 13.0 Å². The van der Waals surface area contributed by atoms with E-state index in [0.717, 1.165) is 25.3 Å². The highest BCUT2D eigenvalue weighted by Gasteiger charge is 2.66. The lowest BCUT2D eigenvalue weighted by molar-refractivity contribution is -0.272. The third-order valence-electron chi connectivity index (χ3n) is 6.06. The number of aromatic nitrogens is 1. The zero-order chi connectivity index (χ0) is 27.0. The minimum absolute atomic E-state index is 0.0430. The Morgan fingerprint density at radius 2 is 1.86 bits per heavy atom. The molecule has 2 N–H and O–H groups in total. The van der Waals surface area contributed by atoms with Crippen LogP contribution in [0.1, 0.15) is 35.8 Å². The Labute approximate surface area is 200 Å². The molecule has 36 heavy (non-hydrogen) atoms. The average molecular weight is 523 g/mol. The van der Waals surface area contributed by atoms with Crippen LogP contribution in [0.4, 0.5) is 36.4 Å². The first-order valence-corrected chi connectivity index (χ1v) is 10.4. The number of rotatable bonds is 6. The summed E-state index contributed by atoms with van der Waals surface area (Å²) in [7, 11) is 1.33. The van der Waals surface area contributed by atoms with Gasteiger partial charge in [0.2, 0.25) is 5.82 Å². The van der Waals surface area contributed by atoms with Crippen LogP contribution in [0.25, 0.3) is 0 Å². The first kappa shape index (κ1) is 27.2. The van der Waals surface area contributed by atoms with Gasteiger partial charge in [-0.2, -0.15) is 26.3 Å². The van der Waals surface area contributed by atoms with Crippen molar-refractivity contribution in [1.82, 2.24) is 10.3 Å². The van der Waals surface area contributed by atoms with E-state index in [1.54, 1.807) is 0 Å². The maximum Gasteiger partial charge on any atom is 0.417 e. The Kier molecular flexibility index (Phi) is 7.48. The Morgan fingerprint density at radius 3 is 2.44 bits per heavy atom. The second-order valence-corrected chi connectivity index (χ2v) is 8.11. The van der Waals surface area contributed by atoms with Crippen LogP contribution < -0.4 is 15.4 Å². The van der Waals surface area contributed by atoms with Crippen LogP contribution in [0.5, 0.6) is 5.75 Å². The predicted octanol–water partition coefficient (Wildman–Crippen LogP) is 4.40. The minimum atomic E-state index is -5.04. The van der Waals surface area contributed by atoms with E-state index in [2.05, 4.69) is 20.4 Å². The van der Waals surface area contributed by atoms with Crippen LogP contribution >= 0.6 is 0 Å². The molecule has 0 spiro atoms. The number of carbonyl (C=O) groups is 2. The van der Waals surface area contributed by atoms with Crippen LogP contribution in [-0.2, 0) is 9.53 Å². The molecule has 1 aromatic carbocycles. The molecule has 1 fully saturated rings. The topological polar surface area (TPSA) is 89.6 Å². The van der Waals surface area contributed by atoms with E-state index in [1.165, 1.54) is 13.1 Å². The second kappa shape index (κ2) is 9.91. The van der Waals surface area contributed by atoms with Gasteiger partial charge in [0.05, 0.1) is 0 Å². The van der Waals surface area contributed by atoms with Gasteiger partial charge in [-0.1, -0.05) is 13.0 Å². The minimum Gasteiger partial charge on any atom is -0.431 e. The summed E-state index contributed by atoms with van der Waals surface area (Å²) in [5.41, 5.74) is -3.76. The van der Waals surface area contributed by atoms with Crippen molar-refractivity contribution < 1.29 is 49.8 Å². The van der Waals surface area contributed by atoms with E-state index < -0.39 is 71.1 Å². The first-order chi connectivity index (χ1) is 16.7. The molecule has 0 radical (unpaired) electrons. The van der Waals surface area contributed by atoms with Crippen LogP contribution in [0, 0.1) is 17.6 Å². The highest BCUT2D eigenvalue weighted by molar-refractivity contribution is 5.97. The molecule has 2 heterocycles. The Hall–Kier alpha value is -3.42. The fourth-order valence-corrected chi connectivity index (χ4v) is 4.02. The van der Waals surface area contributed by atoms with Gasteiger partial charge in [-0.05, 0) is 25.1 Å². The van der Waals surface area contributed by atoms with Gasteiger partial charge in [0, 0.05) is 36.3 Å². The molecule has 1 unspecified atom stereocenters. The molecule has 196 valence electrons. The van der Waals surface area contributed by atoms with Crippen molar-refractivity contribution in [1.29, 1.82) is 0 Å². The molecule has 4 atom stereocenters. The zero-order valence-corrected chi connectivity index (χ0v) is 18.9. The monoisotopic (exact) mass is 523 g/mol. The Morgan fingerprint density at radius 1 is 1.19 bits per heavy atom. The molecule has 2 aromatic rings. The zero-order valence-electron chi connectivity index (χ0n) is 18.9. The summed E-state index contributed by atoms with van der Waals surface area (Å²) in [6.45, 7) is -1.95. The van der Waals surface area contributed by atoms with Gasteiger partial charge in [0.15, 0.2) is 17.2 Å². The highest BCUT2D eigenvalue weighted by Crippen LogP contribution is 2.55. The van der Waals surface area contributed by atoms with Crippen molar-refractivity contribution in [2.24, 2.45) is 5.92 Å². The molecule has 1 aliphatic rings. The SMILES string of the molecule is CNC(=O)c1cc(NC(=O)C2O[C@@](C)(C(F)(F)F)[C@@H](C)[C@H]2c2ccc(F)c(F)c2OC(F)F)ccn1. The normalized spacial score (nSPS) is 24.0. The van der Waals surface area contributed by atoms with Gasteiger partial charge >= 0.3 is 12.8 Å². The van der Waals surface area contributed by atoms with E-state index in [4.69, 9.17) is 4.74 Å². The summed E-state index contributed by atoms with van der Waals surface area (Å²) in [6.07, 6.45) is -5.89. The molecule has 14 heteroatoms. The Bertz CT molecular complexity index is 1160. The number of carbonyl (C=O) groups excluding carboxylic acids is 2. The van der Waals surface area contributed by atoms with E-state index in [1.807, 2.05) is 0 Å². The summed E-state index contributed by atoms with van der Waals surface area (Å²) in [5.74, 6) is -9.89. The number of halogens is 7. The van der Waals surface area contributed by atoms with Crippen molar-refractivity contribution in [3.63, 3.8) is 0 Å². The number of nitrogens with one attached hydrogen (secondary N) is 2. The number of nitrogens with zero attached hydrogens (tertiary/aromatic N) is 1. The first-order valence-electron chi connectivity index (χ1n) is 10.4. The van der Waals surface area contributed by atoms with Crippen molar-refractivity contribution in [2.75, 3.05) is 12.4 Å². The number of alkyl halides is 5. The third-order valence-corrected chi connectivity index (χ3v) is 6.06. The molecular weight excluding hydrogens is 503 g/mol. The van der Waals surface area contributed by atoms with E-state index in [-0.39, 0.29) is 11.4 Å². The summed E-state index contributed by atoms with van der Waals surface area (Å²) in [4.78, 5) is 28.7. The molecular formula is C22H20F7N3O4. The summed E-state index contributed by atoms with van der Waals surface area (Å²) < 4.78 is 105. The lowest BCUT2D eigenvalue weighted by Gasteiger charge is -2.32. The van der Waals surface area contributed by atoms with Gasteiger partial charge in [-0.3, -0.25) is 14.6 Å². The lowest BCUT2D eigenvalue weighted by Crippen LogP contribution is -2.47. The number of amides is 2. The van der Waals surface area contributed by atoms with Crippen LogP contribution in [-0.4, -0.2) is 48.3 Å². The second-order valence-electron chi connectivity index (χ2n) is 8.11. The quantitative estimate of drug-likeness (QED) is 0.548. The molecule has 1 aliphatic heterocycles. The number of hydrogen-bond acceptors (Lipinski definition) is 5. The fraction of sp³-hybridized carbons (Fsp3) is 0.409. The number of benzene rings is 1. The van der Waals surface area contributed by atoms with Crippen molar-refractivity contribution in [2.45, 2.75) is 44.3 Å². The van der Waals surface area contributed by atoms with Gasteiger partial charge in [0.25, 0.3) is 11.8 Å². The van der Waals surface area contributed by atoms with Crippen LogP contribution in [0.3, 0.4) is 0 Å². The van der Waals surface area contributed by atoms with Gasteiger partial charge in [0.1, 0.15) is 11.8 Å². The maximum absolute atomic E-state index is 14.4. The van der Waals surface area contributed by atoms with Crippen LogP contribution in [0.2, 0.25) is 0 Å². The van der Waals surface area contributed by atoms with Gasteiger partial charge in [-0.25, -0.2) is 4.39 Å². The summed E-state index contributed by atoms with van der Waals surface area (Å²) in [6, 6.07) is 3.66. The number of anilines is 1. The van der Waals surface area contributed by atoms with Crippen LogP contribution in [0.15, 0.2) is 30.5 Å². The van der Waals surface area contributed by atoms with E-state index in [9.17, 15) is 40.3 Å². The van der Waals surface area contributed by atoms with Gasteiger partial charge in [-0.15, -0.1) is 0 Å². The van der Waals surface area contributed by atoms with Crippen molar-refractivity contribution in [3.05, 3.63) is 53.4 Å². The molecule has 0 saturated carbocycles.